The largest absolute Gasteiger partial charge is 0.493 e. The highest BCUT2D eigenvalue weighted by Gasteiger charge is 2.16. The maximum absolute atomic E-state index is 14.0. The molecule has 0 saturated heterocycles. The number of rotatable bonds is 7. The van der Waals surface area contributed by atoms with Crippen molar-refractivity contribution in [2.24, 2.45) is 0 Å². The van der Waals surface area contributed by atoms with Crippen molar-refractivity contribution >= 4 is 27.3 Å². The van der Waals surface area contributed by atoms with Crippen LogP contribution in [0.4, 0.5) is 4.39 Å². The number of ether oxygens (including phenoxy) is 2. The third kappa shape index (κ3) is 4.28. The number of carbonyl (C=O) groups excluding carboxylic acids is 1. The first-order chi connectivity index (χ1) is 15.5. The Morgan fingerprint density at radius 1 is 1.12 bits per heavy atom. The van der Waals surface area contributed by atoms with Crippen LogP contribution in [0.5, 0.6) is 11.5 Å². The number of aliphatic hydroxyl groups is 1. The summed E-state index contributed by atoms with van der Waals surface area (Å²) in [6, 6.07) is 15.1. The van der Waals surface area contributed by atoms with Gasteiger partial charge in [-0.3, -0.25) is 4.79 Å². The van der Waals surface area contributed by atoms with Crippen molar-refractivity contribution in [2.75, 3.05) is 20.8 Å². The SMILES string of the molecule is COc1ccc(C(O)CNC(=O)c2cccc(-c3csc4c(F)cccc34)n2)cc1OC. The summed E-state index contributed by atoms with van der Waals surface area (Å²) >= 11 is 1.30. The summed E-state index contributed by atoms with van der Waals surface area (Å²) < 4.78 is 25.0. The van der Waals surface area contributed by atoms with Crippen LogP contribution in [0.15, 0.2) is 60.0 Å². The molecule has 0 bridgehead atoms. The summed E-state index contributed by atoms with van der Waals surface area (Å²) in [6.45, 7) is -0.00713. The molecule has 0 saturated carbocycles. The summed E-state index contributed by atoms with van der Waals surface area (Å²) in [7, 11) is 3.05. The van der Waals surface area contributed by atoms with Gasteiger partial charge in [0.1, 0.15) is 11.5 Å². The van der Waals surface area contributed by atoms with Crippen molar-refractivity contribution < 1.29 is 23.8 Å². The van der Waals surface area contributed by atoms with Crippen molar-refractivity contribution in [3.05, 3.63) is 77.1 Å². The second-order valence-corrected chi connectivity index (χ2v) is 7.89. The summed E-state index contributed by atoms with van der Waals surface area (Å²) in [6.07, 6.45) is -0.939. The number of methoxy groups -OCH3 is 2. The summed E-state index contributed by atoms with van der Waals surface area (Å²) in [5.41, 5.74) is 2.13. The van der Waals surface area contributed by atoms with Crippen LogP contribution in [-0.2, 0) is 0 Å². The summed E-state index contributed by atoms with van der Waals surface area (Å²) in [5, 5.41) is 15.8. The van der Waals surface area contributed by atoms with Gasteiger partial charge in [0.2, 0.25) is 0 Å². The second-order valence-electron chi connectivity index (χ2n) is 7.01. The molecule has 0 aliphatic carbocycles. The predicted molar refractivity (Wildman–Crippen MR) is 122 cm³/mol. The third-order valence-electron chi connectivity index (χ3n) is 5.06. The van der Waals surface area contributed by atoms with Crippen molar-refractivity contribution in [3.8, 4) is 22.8 Å². The Bertz CT molecular complexity index is 1270. The molecule has 0 fully saturated rings. The topological polar surface area (TPSA) is 80.7 Å². The van der Waals surface area contributed by atoms with Gasteiger partial charge in [0.05, 0.1) is 30.7 Å². The average molecular weight is 453 g/mol. The number of nitrogens with one attached hydrogen (secondary N) is 1. The van der Waals surface area contributed by atoms with Gasteiger partial charge in [0, 0.05) is 22.9 Å². The summed E-state index contributed by atoms with van der Waals surface area (Å²) in [4.78, 5) is 17.1. The van der Waals surface area contributed by atoms with Gasteiger partial charge < -0.3 is 19.9 Å². The maximum Gasteiger partial charge on any atom is 0.270 e. The van der Waals surface area contributed by atoms with Crippen molar-refractivity contribution in [2.45, 2.75) is 6.10 Å². The minimum Gasteiger partial charge on any atom is -0.493 e. The number of aromatic nitrogens is 1. The molecule has 164 valence electrons. The molecule has 0 aliphatic heterocycles. The van der Waals surface area contributed by atoms with Gasteiger partial charge in [-0.25, -0.2) is 9.37 Å². The Morgan fingerprint density at radius 3 is 2.69 bits per heavy atom. The van der Waals surface area contributed by atoms with E-state index in [4.69, 9.17) is 9.47 Å². The van der Waals surface area contributed by atoms with Crippen LogP contribution < -0.4 is 14.8 Å². The van der Waals surface area contributed by atoms with Gasteiger partial charge in [-0.15, -0.1) is 11.3 Å². The van der Waals surface area contributed by atoms with Crippen LogP contribution in [0.25, 0.3) is 21.3 Å². The van der Waals surface area contributed by atoms with E-state index in [0.29, 0.717) is 27.5 Å². The lowest BCUT2D eigenvalue weighted by Gasteiger charge is -2.15. The fourth-order valence-electron chi connectivity index (χ4n) is 3.39. The molecule has 2 heterocycles. The first-order valence-electron chi connectivity index (χ1n) is 9.83. The standard InChI is InChI=1S/C24H21FN2O4S/c1-30-21-10-9-14(11-22(21)31-2)20(28)12-26-24(29)19-8-4-7-18(27-19)16-13-32-23-15(16)5-3-6-17(23)25/h3-11,13,20,28H,12H2,1-2H3,(H,26,29). The van der Waals surface area contributed by atoms with Crippen molar-refractivity contribution in [1.29, 1.82) is 0 Å². The molecule has 4 rings (SSSR count). The number of benzene rings is 2. The number of thiophene rings is 1. The number of hydrogen-bond donors (Lipinski definition) is 2. The van der Waals surface area contributed by atoms with E-state index in [1.54, 1.807) is 42.5 Å². The Labute approximate surface area is 188 Å². The van der Waals surface area contributed by atoms with E-state index in [0.717, 1.165) is 10.9 Å². The fraction of sp³-hybridized carbons (Fsp3) is 0.167. The van der Waals surface area contributed by atoms with Gasteiger partial charge in [0.25, 0.3) is 5.91 Å². The average Bonchev–Trinajstić information content (AvgIpc) is 3.27. The molecule has 0 spiro atoms. The zero-order valence-electron chi connectivity index (χ0n) is 17.5. The first kappa shape index (κ1) is 21.7. The Hall–Kier alpha value is -3.49. The van der Waals surface area contributed by atoms with Gasteiger partial charge in [-0.05, 0) is 35.9 Å². The van der Waals surface area contributed by atoms with Gasteiger partial charge >= 0.3 is 0 Å². The maximum atomic E-state index is 14.0. The van der Waals surface area contributed by atoms with Crippen LogP contribution in [0.3, 0.4) is 0 Å². The Kier molecular flexibility index (Phi) is 6.34. The molecule has 1 unspecified atom stereocenters. The van der Waals surface area contributed by atoms with Crippen LogP contribution in [0.1, 0.15) is 22.2 Å². The lowest BCUT2D eigenvalue weighted by Crippen LogP contribution is -2.29. The molecule has 0 radical (unpaired) electrons. The molecule has 6 nitrogen and oxygen atoms in total. The molecule has 1 atom stereocenters. The van der Waals surface area contributed by atoms with E-state index in [-0.39, 0.29) is 18.1 Å². The molecule has 32 heavy (non-hydrogen) atoms. The molecule has 4 aromatic rings. The first-order valence-corrected chi connectivity index (χ1v) is 10.7. The van der Waals surface area contributed by atoms with E-state index in [1.165, 1.54) is 31.6 Å². The number of carbonyl (C=O) groups is 1. The quantitative estimate of drug-likeness (QED) is 0.429. The van der Waals surface area contributed by atoms with E-state index in [1.807, 2.05) is 11.4 Å². The van der Waals surface area contributed by atoms with E-state index in [9.17, 15) is 14.3 Å². The fourth-order valence-corrected chi connectivity index (χ4v) is 4.36. The number of amides is 1. The molecule has 2 aromatic heterocycles. The van der Waals surface area contributed by atoms with Crippen LogP contribution in [0.2, 0.25) is 0 Å². The minimum atomic E-state index is -0.939. The second kappa shape index (κ2) is 9.33. The number of nitrogens with zero attached hydrogens (tertiary/aromatic N) is 1. The number of pyridine rings is 1. The Balaban J connectivity index is 1.49. The highest BCUT2D eigenvalue weighted by molar-refractivity contribution is 7.17. The van der Waals surface area contributed by atoms with Gasteiger partial charge in [-0.2, -0.15) is 0 Å². The van der Waals surface area contributed by atoms with E-state index >= 15 is 0 Å². The highest BCUT2D eigenvalue weighted by Crippen LogP contribution is 2.34. The van der Waals surface area contributed by atoms with Crippen LogP contribution in [0, 0.1) is 5.82 Å². The number of aliphatic hydroxyl groups excluding tert-OH is 1. The minimum absolute atomic E-state index is 0.00713. The molecule has 1 amide bonds. The molecule has 2 aromatic carbocycles. The number of fused-ring (bicyclic) bond motifs is 1. The molecule has 2 N–H and O–H groups in total. The van der Waals surface area contributed by atoms with E-state index < -0.39 is 12.0 Å². The molecular weight excluding hydrogens is 431 g/mol. The number of halogens is 1. The van der Waals surface area contributed by atoms with Gasteiger partial charge in [-0.1, -0.05) is 24.3 Å². The van der Waals surface area contributed by atoms with E-state index in [2.05, 4.69) is 10.3 Å². The molecular formula is C24H21FN2O4S. The van der Waals surface area contributed by atoms with Crippen molar-refractivity contribution in [3.63, 3.8) is 0 Å². The third-order valence-corrected chi connectivity index (χ3v) is 6.06. The zero-order valence-corrected chi connectivity index (χ0v) is 18.3. The predicted octanol–water partition coefficient (Wildman–Crippen LogP) is 4.58. The van der Waals surface area contributed by atoms with Crippen LogP contribution >= 0.6 is 11.3 Å². The molecule has 0 aliphatic rings. The van der Waals surface area contributed by atoms with Gasteiger partial charge in [0.15, 0.2) is 11.5 Å². The van der Waals surface area contributed by atoms with Crippen molar-refractivity contribution in [1.82, 2.24) is 10.3 Å². The normalized spacial score (nSPS) is 11.9. The monoisotopic (exact) mass is 452 g/mol. The highest BCUT2D eigenvalue weighted by atomic mass is 32.1. The zero-order chi connectivity index (χ0) is 22.7. The lowest BCUT2D eigenvalue weighted by molar-refractivity contribution is 0.0911. The Morgan fingerprint density at radius 2 is 1.91 bits per heavy atom. The smallest absolute Gasteiger partial charge is 0.270 e. The lowest BCUT2D eigenvalue weighted by atomic mass is 10.1. The number of hydrogen-bond acceptors (Lipinski definition) is 6. The molecule has 8 heteroatoms. The summed E-state index contributed by atoms with van der Waals surface area (Å²) in [5.74, 6) is 0.340. The van der Waals surface area contributed by atoms with Crippen LogP contribution in [-0.4, -0.2) is 36.8 Å².